The molecule has 2 aromatic rings. The highest BCUT2D eigenvalue weighted by Gasteiger charge is 2.21. The quantitative estimate of drug-likeness (QED) is 0.870. The third-order valence-corrected chi connectivity index (χ3v) is 4.18. The smallest absolute Gasteiger partial charge is 0.115 e. The molecule has 1 aromatic carbocycles. The Morgan fingerprint density at radius 2 is 2.29 bits per heavy atom. The predicted molar refractivity (Wildman–Crippen MR) is 70.3 cm³/mol. The van der Waals surface area contributed by atoms with Crippen molar-refractivity contribution in [2.75, 3.05) is 0 Å². The Morgan fingerprint density at radius 1 is 1.35 bits per heavy atom. The molecule has 0 saturated heterocycles. The number of phenols is 1. The van der Waals surface area contributed by atoms with Crippen LogP contribution in [0.25, 0.3) is 0 Å². The number of aryl methyl sites for hydroxylation is 1. The van der Waals surface area contributed by atoms with Gasteiger partial charge >= 0.3 is 0 Å². The van der Waals surface area contributed by atoms with Crippen molar-refractivity contribution >= 4 is 11.3 Å². The summed E-state index contributed by atoms with van der Waals surface area (Å²) in [4.78, 5) is 1.37. The number of rotatable bonds is 3. The Labute approximate surface area is 105 Å². The van der Waals surface area contributed by atoms with Crippen LogP contribution >= 0.6 is 11.3 Å². The zero-order valence-corrected chi connectivity index (χ0v) is 10.3. The van der Waals surface area contributed by atoms with E-state index in [-0.39, 0.29) is 0 Å². The lowest BCUT2D eigenvalue weighted by Gasteiger charge is -2.13. The van der Waals surface area contributed by atoms with Crippen molar-refractivity contribution in [3.63, 3.8) is 0 Å². The zero-order valence-electron chi connectivity index (χ0n) is 9.52. The molecule has 3 heteroatoms. The molecule has 0 aliphatic heterocycles. The minimum absolute atomic E-state index is 0.377. The van der Waals surface area contributed by atoms with E-state index < -0.39 is 0 Å². The van der Waals surface area contributed by atoms with E-state index in [4.69, 9.17) is 0 Å². The van der Waals surface area contributed by atoms with Gasteiger partial charge in [0.2, 0.25) is 0 Å². The molecule has 0 bridgehead atoms. The molecule has 17 heavy (non-hydrogen) atoms. The van der Waals surface area contributed by atoms with E-state index in [1.54, 1.807) is 17.4 Å². The van der Waals surface area contributed by atoms with E-state index in [2.05, 4.69) is 22.8 Å². The Hall–Kier alpha value is -1.32. The van der Waals surface area contributed by atoms with E-state index in [0.717, 1.165) is 19.4 Å². The number of nitrogens with one attached hydrogen (secondary N) is 1. The maximum absolute atomic E-state index is 9.44. The summed E-state index contributed by atoms with van der Waals surface area (Å²) in [5, 5.41) is 15.1. The van der Waals surface area contributed by atoms with Gasteiger partial charge in [-0.05, 0) is 47.5 Å². The molecule has 2 nitrogen and oxygen atoms in total. The standard InChI is InChI=1S/C14H15NOS/c16-11-4-5-13-10(8-11)3-6-14(13)15-9-12-2-1-7-17-12/h1-2,4-5,7-8,14-16H,3,6,9H2. The van der Waals surface area contributed by atoms with Crippen LogP contribution < -0.4 is 5.32 Å². The van der Waals surface area contributed by atoms with Crippen LogP contribution in [0, 0.1) is 0 Å². The Balaban J connectivity index is 1.71. The van der Waals surface area contributed by atoms with Crippen molar-refractivity contribution in [2.24, 2.45) is 0 Å². The van der Waals surface area contributed by atoms with Crippen LogP contribution in [-0.4, -0.2) is 5.11 Å². The SMILES string of the molecule is Oc1ccc2c(c1)CCC2NCc1cccs1. The van der Waals surface area contributed by atoms with Gasteiger partial charge in [0.15, 0.2) is 0 Å². The number of fused-ring (bicyclic) bond motifs is 1. The van der Waals surface area contributed by atoms with Gasteiger partial charge in [-0.3, -0.25) is 0 Å². The molecule has 0 spiro atoms. The van der Waals surface area contributed by atoms with Crippen molar-refractivity contribution in [2.45, 2.75) is 25.4 Å². The summed E-state index contributed by atoms with van der Waals surface area (Å²) in [5.74, 6) is 0.377. The summed E-state index contributed by atoms with van der Waals surface area (Å²) < 4.78 is 0. The highest BCUT2D eigenvalue weighted by atomic mass is 32.1. The third-order valence-electron chi connectivity index (χ3n) is 3.31. The first kappa shape index (κ1) is 10.8. The van der Waals surface area contributed by atoms with Crippen LogP contribution in [0.5, 0.6) is 5.75 Å². The van der Waals surface area contributed by atoms with Gasteiger partial charge in [0.1, 0.15) is 5.75 Å². The molecule has 88 valence electrons. The van der Waals surface area contributed by atoms with Gasteiger partial charge in [0.05, 0.1) is 0 Å². The summed E-state index contributed by atoms with van der Waals surface area (Å²) in [6.45, 7) is 0.933. The van der Waals surface area contributed by atoms with E-state index >= 15 is 0 Å². The lowest BCUT2D eigenvalue weighted by atomic mass is 10.1. The summed E-state index contributed by atoms with van der Waals surface area (Å²) in [6, 6.07) is 10.4. The molecular formula is C14H15NOS. The van der Waals surface area contributed by atoms with E-state index in [9.17, 15) is 5.11 Å². The highest BCUT2D eigenvalue weighted by Crippen LogP contribution is 2.33. The minimum atomic E-state index is 0.377. The maximum atomic E-state index is 9.44. The summed E-state index contributed by atoms with van der Waals surface area (Å²) in [5.41, 5.74) is 2.63. The number of thiophene rings is 1. The molecule has 0 amide bonds. The molecular weight excluding hydrogens is 230 g/mol. The number of benzene rings is 1. The van der Waals surface area contributed by atoms with Crippen molar-refractivity contribution in [3.8, 4) is 5.75 Å². The van der Waals surface area contributed by atoms with Gasteiger partial charge < -0.3 is 10.4 Å². The van der Waals surface area contributed by atoms with Gasteiger partial charge in [0.25, 0.3) is 0 Å². The number of aromatic hydroxyl groups is 1. The van der Waals surface area contributed by atoms with Crippen molar-refractivity contribution in [1.29, 1.82) is 0 Å². The molecule has 0 radical (unpaired) electrons. The summed E-state index contributed by atoms with van der Waals surface area (Å²) in [7, 11) is 0. The zero-order chi connectivity index (χ0) is 11.7. The molecule has 0 fully saturated rings. The Kier molecular flexibility index (Phi) is 2.87. The molecule has 1 heterocycles. The fourth-order valence-electron chi connectivity index (χ4n) is 2.45. The second-order valence-electron chi connectivity index (χ2n) is 4.43. The topological polar surface area (TPSA) is 32.3 Å². The van der Waals surface area contributed by atoms with Gasteiger partial charge in [-0.15, -0.1) is 11.3 Å². The average molecular weight is 245 g/mol. The molecule has 1 aromatic heterocycles. The third kappa shape index (κ3) is 2.21. The summed E-state index contributed by atoms with van der Waals surface area (Å²) in [6.07, 6.45) is 2.19. The average Bonchev–Trinajstić information content (AvgIpc) is 2.94. The molecule has 1 aliphatic rings. The first-order valence-corrected chi connectivity index (χ1v) is 6.78. The van der Waals surface area contributed by atoms with Crippen LogP contribution in [0.15, 0.2) is 35.7 Å². The second-order valence-corrected chi connectivity index (χ2v) is 5.47. The van der Waals surface area contributed by atoms with Crippen molar-refractivity contribution < 1.29 is 5.11 Å². The highest BCUT2D eigenvalue weighted by molar-refractivity contribution is 7.09. The van der Waals surface area contributed by atoms with Gasteiger partial charge in [0, 0.05) is 17.5 Å². The second kappa shape index (κ2) is 4.51. The van der Waals surface area contributed by atoms with Crippen molar-refractivity contribution in [1.82, 2.24) is 5.32 Å². The predicted octanol–water partition coefficient (Wildman–Crippen LogP) is 3.23. The minimum Gasteiger partial charge on any atom is -0.508 e. The number of hydrogen-bond donors (Lipinski definition) is 2. The normalized spacial score (nSPS) is 18.2. The van der Waals surface area contributed by atoms with Crippen LogP contribution in [0.1, 0.15) is 28.5 Å². The largest absolute Gasteiger partial charge is 0.508 e. The van der Waals surface area contributed by atoms with Crippen molar-refractivity contribution in [3.05, 3.63) is 51.7 Å². The number of phenolic OH excluding ortho intramolecular Hbond substituents is 1. The van der Waals surface area contributed by atoms with E-state index in [0.29, 0.717) is 11.8 Å². The van der Waals surface area contributed by atoms with Crippen LogP contribution in [0.4, 0.5) is 0 Å². The first-order valence-electron chi connectivity index (χ1n) is 5.90. The fraction of sp³-hybridized carbons (Fsp3) is 0.286. The molecule has 1 aliphatic carbocycles. The van der Waals surface area contributed by atoms with E-state index in [1.165, 1.54) is 16.0 Å². The lowest BCUT2D eigenvalue weighted by Crippen LogP contribution is -2.17. The number of hydrogen-bond acceptors (Lipinski definition) is 3. The van der Waals surface area contributed by atoms with Gasteiger partial charge in [-0.2, -0.15) is 0 Å². The fourth-order valence-corrected chi connectivity index (χ4v) is 3.11. The monoisotopic (exact) mass is 245 g/mol. The molecule has 0 saturated carbocycles. The van der Waals surface area contributed by atoms with Gasteiger partial charge in [-0.25, -0.2) is 0 Å². The Morgan fingerprint density at radius 3 is 3.12 bits per heavy atom. The molecule has 1 atom stereocenters. The van der Waals surface area contributed by atoms with E-state index in [1.807, 2.05) is 12.1 Å². The molecule has 2 N–H and O–H groups in total. The van der Waals surface area contributed by atoms with Gasteiger partial charge in [-0.1, -0.05) is 12.1 Å². The molecule has 1 unspecified atom stereocenters. The molecule has 3 rings (SSSR count). The summed E-state index contributed by atoms with van der Waals surface area (Å²) >= 11 is 1.79. The van der Waals surface area contributed by atoms with Crippen LogP contribution in [0.3, 0.4) is 0 Å². The first-order chi connectivity index (χ1) is 8.33. The maximum Gasteiger partial charge on any atom is 0.115 e. The Bertz CT molecular complexity index is 507. The lowest BCUT2D eigenvalue weighted by molar-refractivity contribution is 0.474. The van der Waals surface area contributed by atoms with Crippen LogP contribution in [-0.2, 0) is 13.0 Å². The van der Waals surface area contributed by atoms with Crippen LogP contribution in [0.2, 0.25) is 0 Å².